The summed E-state index contributed by atoms with van der Waals surface area (Å²) in [6, 6.07) is 6.12. The Morgan fingerprint density at radius 1 is 1.40 bits per heavy atom. The van der Waals surface area contributed by atoms with Gasteiger partial charge in [0, 0.05) is 0 Å². The molecule has 0 amide bonds. The second kappa shape index (κ2) is 4.96. The maximum Gasteiger partial charge on any atom is 0.313 e. The van der Waals surface area contributed by atoms with E-state index >= 15 is 0 Å². The molecule has 0 aromatic heterocycles. The van der Waals surface area contributed by atoms with Crippen molar-refractivity contribution in [2.45, 2.75) is 33.6 Å². The summed E-state index contributed by atoms with van der Waals surface area (Å²) >= 11 is 0. The fourth-order valence-corrected chi connectivity index (χ4v) is 1.71. The zero-order chi connectivity index (χ0) is 11.4. The maximum absolute atomic E-state index is 11.6. The number of rotatable bonds is 3. The number of ether oxygens (including phenoxy) is 1. The van der Waals surface area contributed by atoms with Crippen LogP contribution in [0, 0.1) is 13.8 Å². The van der Waals surface area contributed by atoms with Gasteiger partial charge in [0.1, 0.15) is 0 Å². The zero-order valence-electron chi connectivity index (χ0n) is 9.83. The highest BCUT2D eigenvalue weighted by Gasteiger charge is 2.17. The van der Waals surface area contributed by atoms with Gasteiger partial charge < -0.3 is 4.74 Å². The van der Waals surface area contributed by atoms with Crippen molar-refractivity contribution in [2.75, 3.05) is 6.61 Å². The number of carbonyl (C=O) groups is 1. The lowest BCUT2D eigenvalue weighted by Crippen LogP contribution is -2.14. The summed E-state index contributed by atoms with van der Waals surface area (Å²) < 4.78 is 5.00. The molecule has 0 radical (unpaired) electrons. The average Bonchev–Trinajstić information content (AvgIpc) is 2.17. The van der Waals surface area contributed by atoms with Gasteiger partial charge in [-0.3, -0.25) is 4.79 Å². The predicted octanol–water partition coefficient (Wildman–Crippen LogP) is 2.97. The molecule has 0 saturated carbocycles. The first-order valence-electron chi connectivity index (χ1n) is 5.30. The van der Waals surface area contributed by atoms with Crippen LogP contribution in [-0.2, 0) is 9.53 Å². The van der Waals surface area contributed by atoms with Gasteiger partial charge in [-0.25, -0.2) is 0 Å². The van der Waals surface area contributed by atoms with Gasteiger partial charge in [-0.15, -0.1) is 0 Å². The Kier molecular flexibility index (Phi) is 3.89. The van der Waals surface area contributed by atoms with Crippen LogP contribution in [0.15, 0.2) is 18.2 Å². The van der Waals surface area contributed by atoms with Gasteiger partial charge >= 0.3 is 5.97 Å². The predicted molar refractivity (Wildman–Crippen MR) is 61.0 cm³/mol. The van der Waals surface area contributed by atoms with Gasteiger partial charge in [0.15, 0.2) is 0 Å². The number of benzene rings is 1. The SMILES string of the molecule is CCOC(=O)C(C)c1ccc(C)cc1C. The van der Waals surface area contributed by atoms with Crippen molar-refractivity contribution in [2.24, 2.45) is 0 Å². The van der Waals surface area contributed by atoms with Crippen LogP contribution < -0.4 is 0 Å². The molecule has 1 aromatic rings. The average molecular weight is 206 g/mol. The van der Waals surface area contributed by atoms with Crippen LogP contribution in [0.2, 0.25) is 0 Å². The van der Waals surface area contributed by atoms with E-state index in [-0.39, 0.29) is 11.9 Å². The molecule has 1 rings (SSSR count). The van der Waals surface area contributed by atoms with Gasteiger partial charge in [0.25, 0.3) is 0 Å². The molecule has 0 spiro atoms. The van der Waals surface area contributed by atoms with Crippen molar-refractivity contribution in [3.8, 4) is 0 Å². The summed E-state index contributed by atoms with van der Waals surface area (Å²) in [4.78, 5) is 11.6. The molecular weight excluding hydrogens is 188 g/mol. The maximum atomic E-state index is 11.6. The van der Waals surface area contributed by atoms with Crippen molar-refractivity contribution in [1.29, 1.82) is 0 Å². The van der Waals surface area contributed by atoms with Crippen LogP contribution in [0.4, 0.5) is 0 Å². The lowest BCUT2D eigenvalue weighted by molar-refractivity contribution is -0.144. The second-order valence-electron chi connectivity index (χ2n) is 3.83. The van der Waals surface area contributed by atoms with E-state index in [2.05, 4.69) is 6.07 Å². The number of aryl methyl sites for hydroxylation is 2. The summed E-state index contributed by atoms with van der Waals surface area (Å²) in [7, 11) is 0. The highest BCUT2D eigenvalue weighted by molar-refractivity contribution is 5.78. The Bertz CT molecular complexity index is 356. The molecule has 1 unspecified atom stereocenters. The Balaban J connectivity index is 2.91. The minimum Gasteiger partial charge on any atom is -0.466 e. The van der Waals surface area contributed by atoms with Crippen LogP contribution in [-0.4, -0.2) is 12.6 Å². The van der Waals surface area contributed by atoms with E-state index in [1.807, 2.05) is 39.8 Å². The van der Waals surface area contributed by atoms with E-state index in [4.69, 9.17) is 4.74 Å². The lowest BCUT2D eigenvalue weighted by Gasteiger charge is -2.13. The first-order valence-corrected chi connectivity index (χ1v) is 5.30. The lowest BCUT2D eigenvalue weighted by atomic mass is 9.95. The van der Waals surface area contributed by atoms with Crippen LogP contribution in [0.1, 0.15) is 36.5 Å². The summed E-state index contributed by atoms with van der Waals surface area (Å²) in [5.41, 5.74) is 3.42. The second-order valence-corrected chi connectivity index (χ2v) is 3.83. The van der Waals surface area contributed by atoms with Gasteiger partial charge in [-0.2, -0.15) is 0 Å². The smallest absolute Gasteiger partial charge is 0.313 e. The molecule has 0 aliphatic heterocycles. The monoisotopic (exact) mass is 206 g/mol. The normalized spacial score (nSPS) is 12.3. The van der Waals surface area contributed by atoms with Gasteiger partial charge in [0.2, 0.25) is 0 Å². The highest BCUT2D eigenvalue weighted by atomic mass is 16.5. The van der Waals surface area contributed by atoms with E-state index < -0.39 is 0 Å². The van der Waals surface area contributed by atoms with Crippen molar-refractivity contribution in [1.82, 2.24) is 0 Å². The Morgan fingerprint density at radius 2 is 2.07 bits per heavy atom. The Labute approximate surface area is 91.3 Å². The molecule has 15 heavy (non-hydrogen) atoms. The van der Waals surface area contributed by atoms with Crippen molar-refractivity contribution in [3.05, 3.63) is 34.9 Å². The van der Waals surface area contributed by atoms with Crippen LogP contribution >= 0.6 is 0 Å². The van der Waals surface area contributed by atoms with E-state index in [0.717, 1.165) is 11.1 Å². The minimum absolute atomic E-state index is 0.149. The highest BCUT2D eigenvalue weighted by Crippen LogP contribution is 2.21. The molecule has 2 nitrogen and oxygen atoms in total. The first-order chi connectivity index (χ1) is 7.06. The van der Waals surface area contributed by atoms with Gasteiger partial charge in [0.05, 0.1) is 12.5 Å². The largest absolute Gasteiger partial charge is 0.466 e. The molecule has 1 atom stereocenters. The molecule has 0 N–H and O–H groups in total. The molecule has 0 fully saturated rings. The molecule has 0 saturated heterocycles. The van der Waals surface area contributed by atoms with Crippen molar-refractivity contribution in [3.63, 3.8) is 0 Å². The quantitative estimate of drug-likeness (QED) is 0.711. The van der Waals surface area contributed by atoms with Crippen LogP contribution in [0.5, 0.6) is 0 Å². The van der Waals surface area contributed by atoms with Crippen LogP contribution in [0.3, 0.4) is 0 Å². The standard InChI is InChI=1S/C13H18O2/c1-5-15-13(14)11(4)12-7-6-9(2)8-10(12)3/h6-8,11H,5H2,1-4H3. The minimum atomic E-state index is -0.175. The third kappa shape index (κ3) is 2.82. The Hall–Kier alpha value is -1.31. The Morgan fingerprint density at radius 3 is 2.60 bits per heavy atom. The van der Waals surface area contributed by atoms with E-state index in [1.165, 1.54) is 5.56 Å². The molecule has 0 aliphatic rings. The molecule has 2 heteroatoms. The summed E-state index contributed by atoms with van der Waals surface area (Å²) in [6.45, 7) is 8.22. The summed E-state index contributed by atoms with van der Waals surface area (Å²) in [5, 5.41) is 0. The summed E-state index contributed by atoms with van der Waals surface area (Å²) in [6.07, 6.45) is 0. The van der Waals surface area contributed by atoms with E-state index in [1.54, 1.807) is 0 Å². The van der Waals surface area contributed by atoms with Gasteiger partial charge in [-0.05, 0) is 38.8 Å². The van der Waals surface area contributed by atoms with E-state index in [9.17, 15) is 4.79 Å². The van der Waals surface area contributed by atoms with Gasteiger partial charge in [-0.1, -0.05) is 23.8 Å². The fourth-order valence-electron chi connectivity index (χ4n) is 1.71. The third-order valence-corrected chi connectivity index (χ3v) is 2.53. The fraction of sp³-hybridized carbons (Fsp3) is 0.462. The van der Waals surface area contributed by atoms with E-state index in [0.29, 0.717) is 6.61 Å². The number of hydrogen-bond donors (Lipinski definition) is 0. The third-order valence-electron chi connectivity index (χ3n) is 2.53. The number of hydrogen-bond acceptors (Lipinski definition) is 2. The molecular formula is C13H18O2. The molecule has 0 aliphatic carbocycles. The number of carbonyl (C=O) groups excluding carboxylic acids is 1. The molecule has 1 aromatic carbocycles. The molecule has 0 bridgehead atoms. The van der Waals surface area contributed by atoms with Crippen molar-refractivity contribution < 1.29 is 9.53 Å². The molecule has 0 heterocycles. The topological polar surface area (TPSA) is 26.3 Å². The first kappa shape index (κ1) is 11.8. The van der Waals surface area contributed by atoms with Crippen molar-refractivity contribution >= 4 is 5.97 Å². The summed E-state index contributed by atoms with van der Waals surface area (Å²) in [5.74, 6) is -0.324. The van der Waals surface area contributed by atoms with Crippen LogP contribution in [0.25, 0.3) is 0 Å². The zero-order valence-corrected chi connectivity index (χ0v) is 9.83. The number of esters is 1. The molecule has 82 valence electrons.